The topological polar surface area (TPSA) is 179 Å². The lowest BCUT2D eigenvalue weighted by Gasteiger charge is -2.21. The Morgan fingerprint density at radius 3 is 2.42 bits per heavy atom. The van der Waals surface area contributed by atoms with Crippen LogP contribution in [0.15, 0.2) is 73.3 Å². The van der Waals surface area contributed by atoms with Gasteiger partial charge < -0.3 is 29.3 Å². The first-order valence-corrected chi connectivity index (χ1v) is 13.9. The first-order chi connectivity index (χ1) is 19.3. The van der Waals surface area contributed by atoms with Gasteiger partial charge in [-0.15, -0.1) is 0 Å². The molecule has 15 heteroatoms. The number of anilines is 2. The molecule has 0 aliphatic carbocycles. The lowest BCUT2D eigenvalue weighted by molar-refractivity contribution is -0.149. The zero-order valence-electron chi connectivity index (χ0n) is 20.8. The Labute approximate surface area is 227 Å². The second-order valence-electron chi connectivity index (χ2n) is 9.16. The maximum atomic E-state index is 12.6. The van der Waals surface area contributed by atoms with E-state index in [2.05, 4.69) is 25.6 Å². The van der Waals surface area contributed by atoms with Crippen LogP contribution < -0.4 is 10.6 Å². The van der Waals surface area contributed by atoms with Gasteiger partial charge in [-0.2, -0.15) is 0 Å². The highest BCUT2D eigenvalue weighted by molar-refractivity contribution is 7.46. The summed E-state index contributed by atoms with van der Waals surface area (Å²) in [7, 11) is -4.75. The van der Waals surface area contributed by atoms with E-state index in [-0.39, 0.29) is 5.82 Å². The number of nitrogens with one attached hydrogen (secondary N) is 2. The molecule has 2 fully saturated rings. The SMILES string of the molecule is O=C(Nc1ccccc1)Nc1ncnc2c1ncn2[C@@H]1O[C@H](COP(=O)(O)O)[C@@H]2OC(Cc3ccccc3)OC21. The summed E-state index contributed by atoms with van der Waals surface area (Å²) >= 11 is 0. The molecule has 4 heterocycles. The zero-order valence-corrected chi connectivity index (χ0v) is 21.7. The molecule has 5 atom stereocenters. The molecule has 0 saturated carbocycles. The second-order valence-corrected chi connectivity index (χ2v) is 10.4. The number of para-hydroxylation sites is 1. The molecule has 2 aliphatic heterocycles. The fraction of sp³-hybridized carbons (Fsp3) is 0.280. The number of aromatic nitrogens is 4. The number of amides is 2. The van der Waals surface area contributed by atoms with Gasteiger partial charge in [0.15, 0.2) is 29.5 Å². The molecule has 2 unspecified atom stereocenters. The number of phosphoric acid groups is 1. The highest BCUT2D eigenvalue weighted by atomic mass is 31.2. The van der Waals surface area contributed by atoms with Gasteiger partial charge in [0.05, 0.1) is 12.9 Å². The van der Waals surface area contributed by atoms with Crippen molar-refractivity contribution in [3.63, 3.8) is 0 Å². The molecule has 4 aromatic rings. The van der Waals surface area contributed by atoms with Crippen LogP contribution in [0.25, 0.3) is 11.2 Å². The van der Waals surface area contributed by atoms with Crippen LogP contribution in [0.4, 0.5) is 16.3 Å². The predicted octanol–water partition coefficient (Wildman–Crippen LogP) is 2.83. The Bertz CT molecular complexity index is 1530. The molecule has 2 amide bonds. The number of phosphoric ester groups is 1. The van der Waals surface area contributed by atoms with Crippen LogP contribution in [0.3, 0.4) is 0 Å². The minimum Gasteiger partial charge on any atom is -0.347 e. The summed E-state index contributed by atoms with van der Waals surface area (Å²) in [6.07, 6.45) is -0.415. The van der Waals surface area contributed by atoms with Gasteiger partial charge in [0.25, 0.3) is 0 Å². The zero-order chi connectivity index (χ0) is 27.7. The predicted molar refractivity (Wildman–Crippen MR) is 140 cm³/mol. The van der Waals surface area contributed by atoms with Crippen LogP contribution in [0.2, 0.25) is 0 Å². The van der Waals surface area contributed by atoms with Crippen molar-refractivity contribution in [1.82, 2.24) is 19.5 Å². The summed E-state index contributed by atoms with van der Waals surface area (Å²) in [5.74, 6) is 0.179. The van der Waals surface area contributed by atoms with E-state index in [1.165, 1.54) is 12.7 Å². The molecule has 2 saturated heterocycles. The molecule has 6 rings (SSSR count). The fourth-order valence-corrected chi connectivity index (χ4v) is 5.09. The smallest absolute Gasteiger partial charge is 0.347 e. The average Bonchev–Trinajstić information content (AvgIpc) is 3.62. The van der Waals surface area contributed by atoms with E-state index in [1.807, 2.05) is 36.4 Å². The van der Waals surface area contributed by atoms with Gasteiger partial charge in [0.1, 0.15) is 24.6 Å². The van der Waals surface area contributed by atoms with Crippen LogP contribution in [0.1, 0.15) is 11.8 Å². The molecule has 208 valence electrons. The van der Waals surface area contributed by atoms with Gasteiger partial charge in [-0.05, 0) is 17.7 Å². The van der Waals surface area contributed by atoms with Gasteiger partial charge in [-0.1, -0.05) is 48.5 Å². The Hall–Kier alpha value is -3.75. The van der Waals surface area contributed by atoms with Crippen LogP contribution in [0, 0.1) is 0 Å². The van der Waals surface area contributed by atoms with E-state index in [0.29, 0.717) is 23.3 Å². The molecular weight excluding hydrogens is 543 g/mol. The van der Waals surface area contributed by atoms with E-state index in [1.54, 1.807) is 28.8 Å². The highest BCUT2D eigenvalue weighted by Gasteiger charge is 2.54. The summed E-state index contributed by atoms with van der Waals surface area (Å²) in [6, 6.07) is 18.1. The first kappa shape index (κ1) is 26.5. The first-order valence-electron chi connectivity index (χ1n) is 12.3. The van der Waals surface area contributed by atoms with E-state index >= 15 is 0 Å². The number of nitrogens with zero attached hydrogens (tertiary/aromatic N) is 4. The average molecular weight is 568 g/mol. The number of urea groups is 1. The summed E-state index contributed by atoms with van der Waals surface area (Å²) in [4.78, 5) is 43.9. The van der Waals surface area contributed by atoms with Crippen LogP contribution in [0.5, 0.6) is 0 Å². The molecule has 2 aromatic carbocycles. The third-order valence-electron chi connectivity index (χ3n) is 6.45. The van der Waals surface area contributed by atoms with Crippen molar-refractivity contribution in [1.29, 1.82) is 0 Å². The Morgan fingerprint density at radius 1 is 0.950 bits per heavy atom. The van der Waals surface area contributed by atoms with Crippen molar-refractivity contribution in [3.8, 4) is 0 Å². The minimum absolute atomic E-state index is 0.179. The normalized spacial score (nSPS) is 24.2. The lowest BCUT2D eigenvalue weighted by Crippen LogP contribution is -2.31. The van der Waals surface area contributed by atoms with Crippen molar-refractivity contribution in [2.75, 3.05) is 17.2 Å². The van der Waals surface area contributed by atoms with E-state index in [9.17, 15) is 19.1 Å². The second kappa shape index (κ2) is 11.0. The van der Waals surface area contributed by atoms with Crippen molar-refractivity contribution in [2.45, 2.75) is 37.3 Å². The standard InChI is InChI=1S/C25H25N6O8P/c32-25(29-16-9-5-2-6-10-16)30-22-19-23(27-13-26-22)31(14-28-19)24-21-20(17(37-24)12-36-40(33,34)35)38-18(39-21)11-15-7-3-1-4-8-15/h1-10,13-14,17-18,20-21,24H,11-12H2,(H2,33,34,35)(H2,26,27,29,30,32)/t17-,18?,20+,21?,24-/m1/s1. The number of carbonyl (C=O) groups excluding carboxylic acids is 1. The Balaban J connectivity index is 1.24. The lowest BCUT2D eigenvalue weighted by atomic mass is 10.1. The maximum Gasteiger partial charge on any atom is 0.469 e. The summed E-state index contributed by atoms with van der Waals surface area (Å²) in [6.45, 7) is -0.419. The maximum absolute atomic E-state index is 12.6. The number of ether oxygens (including phenoxy) is 3. The van der Waals surface area contributed by atoms with Gasteiger partial charge >= 0.3 is 13.9 Å². The molecular formula is C25H25N6O8P. The Morgan fingerprint density at radius 2 is 1.68 bits per heavy atom. The molecule has 0 spiro atoms. The highest BCUT2D eigenvalue weighted by Crippen LogP contribution is 2.43. The minimum atomic E-state index is -4.75. The summed E-state index contributed by atoms with van der Waals surface area (Å²) < 4.78 is 36.2. The van der Waals surface area contributed by atoms with Crippen LogP contribution in [-0.4, -0.2) is 66.5 Å². The third-order valence-corrected chi connectivity index (χ3v) is 6.94. The number of hydrogen-bond acceptors (Lipinski definition) is 9. The monoisotopic (exact) mass is 568 g/mol. The fourth-order valence-electron chi connectivity index (χ4n) is 4.75. The number of fused-ring (bicyclic) bond motifs is 2. The van der Waals surface area contributed by atoms with Crippen LogP contribution in [-0.2, 0) is 29.7 Å². The summed E-state index contributed by atoms with van der Waals surface area (Å²) in [5.41, 5.74) is 2.26. The van der Waals surface area contributed by atoms with Gasteiger partial charge in [0, 0.05) is 12.1 Å². The van der Waals surface area contributed by atoms with Gasteiger partial charge in [-0.25, -0.2) is 24.3 Å². The van der Waals surface area contributed by atoms with Crippen LogP contribution >= 0.6 is 7.82 Å². The number of benzene rings is 2. The van der Waals surface area contributed by atoms with E-state index in [4.69, 9.17) is 18.7 Å². The molecule has 2 aliphatic rings. The largest absolute Gasteiger partial charge is 0.469 e. The molecule has 2 aromatic heterocycles. The molecule has 4 N–H and O–H groups in total. The van der Waals surface area contributed by atoms with E-state index in [0.717, 1.165) is 5.56 Å². The number of rotatable bonds is 8. The van der Waals surface area contributed by atoms with E-state index < -0.39 is 51.3 Å². The Kier molecular flexibility index (Phi) is 7.29. The molecule has 0 radical (unpaired) electrons. The number of hydrogen-bond donors (Lipinski definition) is 4. The third kappa shape index (κ3) is 5.74. The molecule has 0 bridgehead atoms. The van der Waals surface area contributed by atoms with Crippen molar-refractivity contribution >= 4 is 36.5 Å². The molecule has 14 nitrogen and oxygen atoms in total. The van der Waals surface area contributed by atoms with Gasteiger partial charge in [0.2, 0.25) is 0 Å². The quantitative estimate of drug-likeness (QED) is 0.230. The number of carbonyl (C=O) groups is 1. The van der Waals surface area contributed by atoms with Gasteiger partial charge in [-0.3, -0.25) is 14.4 Å². The molecule has 40 heavy (non-hydrogen) atoms. The van der Waals surface area contributed by atoms with Crippen molar-refractivity contribution in [3.05, 3.63) is 78.9 Å². The van der Waals surface area contributed by atoms with Crippen molar-refractivity contribution < 1.29 is 37.9 Å². The summed E-state index contributed by atoms with van der Waals surface area (Å²) in [5, 5.41) is 5.40. The number of imidazole rings is 1. The van der Waals surface area contributed by atoms with Crippen molar-refractivity contribution in [2.24, 2.45) is 0 Å².